The number of nitrogens with two attached hydrogens (primary N) is 1. The number of rotatable bonds is 6. The maximum Gasteiger partial charge on any atom is 0.250 e. The first kappa shape index (κ1) is 16.1. The van der Waals surface area contributed by atoms with Crippen LogP contribution in [0.2, 0.25) is 0 Å². The van der Waals surface area contributed by atoms with E-state index in [2.05, 4.69) is 9.97 Å². The van der Waals surface area contributed by atoms with Gasteiger partial charge in [0.05, 0.1) is 29.5 Å². The van der Waals surface area contributed by atoms with Crippen LogP contribution < -0.4 is 10.5 Å². The summed E-state index contributed by atoms with van der Waals surface area (Å²) in [7, 11) is 1.53. The fourth-order valence-electron chi connectivity index (χ4n) is 2.36. The fraction of sp³-hybridized carbons (Fsp3) is 0.118. The third-order valence-electron chi connectivity index (χ3n) is 3.50. The van der Waals surface area contributed by atoms with Crippen LogP contribution >= 0.6 is 11.8 Å². The molecule has 0 fully saturated rings. The molecule has 3 rings (SSSR count). The number of nitrogens with one attached hydrogen (secondary N) is 1. The van der Waals surface area contributed by atoms with Gasteiger partial charge in [0.2, 0.25) is 0 Å². The van der Waals surface area contributed by atoms with Gasteiger partial charge in [-0.2, -0.15) is 0 Å². The van der Waals surface area contributed by atoms with Crippen LogP contribution in [0.5, 0.6) is 5.75 Å². The van der Waals surface area contributed by atoms with E-state index in [9.17, 15) is 9.59 Å². The predicted octanol–water partition coefficient (Wildman–Crippen LogP) is 2.65. The summed E-state index contributed by atoms with van der Waals surface area (Å²) in [5, 5.41) is 0.557. The molecule has 0 saturated heterocycles. The van der Waals surface area contributed by atoms with Crippen molar-refractivity contribution in [2.24, 2.45) is 5.73 Å². The largest absolute Gasteiger partial charge is 0.496 e. The molecule has 122 valence electrons. The molecule has 3 aromatic rings. The number of nitrogens with zero attached hydrogens (tertiary/aromatic N) is 1. The van der Waals surface area contributed by atoms with Gasteiger partial charge in [0.25, 0.3) is 5.91 Å². The summed E-state index contributed by atoms with van der Waals surface area (Å²) in [5.41, 5.74) is 7.45. The van der Waals surface area contributed by atoms with Crippen molar-refractivity contribution in [3.63, 3.8) is 0 Å². The van der Waals surface area contributed by atoms with Crippen molar-refractivity contribution in [2.75, 3.05) is 12.9 Å². The van der Waals surface area contributed by atoms with Crippen LogP contribution in [0.1, 0.15) is 20.7 Å². The summed E-state index contributed by atoms with van der Waals surface area (Å²) >= 11 is 1.26. The van der Waals surface area contributed by atoms with E-state index >= 15 is 0 Å². The number of H-pyrrole nitrogens is 1. The highest BCUT2D eigenvalue weighted by molar-refractivity contribution is 7.99. The smallest absolute Gasteiger partial charge is 0.250 e. The van der Waals surface area contributed by atoms with E-state index in [1.807, 2.05) is 6.07 Å². The number of methoxy groups -OCH3 is 1. The van der Waals surface area contributed by atoms with E-state index in [-0.39, 0.29) is 11.5 Å². The molecule has 24 heavy (non-hydrogen) atoms. The highest BCUT2D eigenvalue weighted by Gasteiger charge is 2.15. The predicted molar refractivity (Wildman–Crippen MR) is 92.7 cm³/mol. The number of benzene rings is 2. The Morgan fingerprint density at radius 1 is 1.17 bits per heavy atom. The Hall–Kier alpha value is -2.80. The van der Waals surface area contributed by atoms with Gasteiger partial charge in [-0.25, -0.2) is 4.98 Å². The lowest BCUT2D eigenvalue weighted by Gasteiger charge is -2.06. The van der Waals surface area contributed by atoms with E-state index in [0.717, 1.165) is 0 Å². The quantitative estimate of drug-likeness (QED) is 0.530. The van der Waals surface area contributed by atoms with E-state index in [1.165, 1.54) is 18.9 Å². The lowest BCUT2D eigenvalue weighted by atomic mass is 10.1. The van der Waals surface area contributed by atoms with Gasteiger partial charge >= 0.3 is 0 Å². The molecule has 6 nitrogen and oxygen atoms in total. The normalized spacial score (nSPS) is 10.7. The minimum Gasteiger partial charge on any atom is -0.496 e. The molecule has 0 unspecified atom stereocenters. The average molecular weight is 341 g/mol. The Kier molecular flexibility index (Phi) is 4.52. The molecule has 7 heteroatoms. The number of hydrogen-bond donors (Lipinski definition) is 2. The zero-order valence-corrected chi connectivity index (χ0v) is 13.7. The van der Waals surface area contributed by atoms with Crippen LogP contribution in [0.15, 0.2) is 47.6 Å². The number of amides is 1. The van der Waals surface area contributed by atoms with Gasteiger partial charge in [-0.1, -0.05) is 30.0 Å². The number of ketones is 1. The molecule has 3 N–H and O–H groups in total. The van der Waals surface area contributed by atoms with Crippen molar-refractivity contribution < 1.29 is 14.3 Å². The Bertz CT molecular complexity index is 920. The van der Waals surface area contributed by atoms with Gasteiger partial charge < -0.3 is 15.5 Å². The zero-order chi connectivity index (χ0) is 17.1. The second-order valence-corrected chi connectivity index (χ2v) is 5.98. The van der Waals surface area contributed by atoms with Crippen molar-refractivity contribution in [2.45, 2.75) is 5.16 Å². The number of aromatic amines is 1. The molecule has 0 radical (unpaired) electrons. The van der Waals surface area contributed by atoms with E-state index in [0.29, 0.717) is 33.1 Å². The van der Waals surface area contributed by atoms with E-state index < -0.39 is 5.91 Å². The molecule has 2 aromatic carbocycles. The van der Waals surface area contributed by atoms with Gasteiger partial charge in [-0.05, 0) is 24.3 Å². The molecule has 1 amide bonds. The van der Waals surface area contributed by atoms with Crippen LogP contribution in [0, 0.1) is 0 Å². The molecule has 0 atom stereocenters. The maximum absolute atomic E-state index is 12.4. The molecule has 0 bridgehead atoms. The van der Waals surface area contributed by atoms with Crippen LogP contribution in [0.3, 0.4) is 0 Å². The van der Waals surface area contributed by atoms with Gasteiger partial charge in [0, 0.05) is 0 Å². The Morgan fingerprint density at radius 2 is 1.92 bits per heavy atom. The monoisotopic (exact) mass is 341 g/mol. The standard InChI is InChI=1S/C17H15N3O3S/c1-23-14-8-3-2-5-10(14)13(21)9-24-17-19-12-7-4-6-11(16(18)22)15(12)20-17/h2-8H,9H2,1H3,(H2,18,22)(H,19,20). The fourth-order valence-corrected chi connectivity index (χ4v) is 3.12. The number of ether oxygens (including phenoxy) is 1. The third-order valence-corrected chi connectivity index (χ3v) is 4.38. The van der Waals surface area contributed by atoms with Crippen LogP contribution in [0.25, 0.3) is 11.0 Å². The number of thioether (sulfide) groups is 1. The molecule has 1 aromatic heterocycles. The molecular weight excluding hydrogens is 326 g/mol. The highest BCUT2D eigenvalue weighted by atomic mass is 32.2. The third kappa shape index (κ3) is 3.11. The van der Waals surface area contributed by atoms with E-state index in [4.69, 9.17) is 10.5 Å². The number of para-hydroxylation sites is 2. The number of carbonyl (C=O) groups excluding carboxylic acids is 2. The first-order chi connectivity index (χ1) is 11.6. The number of imidazole rings is 1. The molecule has 1 heterocycles. The van der Waals surface area contributed by atoms with Crippen molar-refractivity contribution in [1.29, 1.82) is 0 Å². The lowest BCUT2D eigenvalue weighted by molar-refractivity contribution is 0.0997. The number of carbonyl (C=O) groups is 2. The summed E-state index contributed by atoms with van der Waals surface area (Å²) in [6.07, 6.45) is 0. The summed E-state index contributed by atoms with van der Waals surface area (Å²) in [6.45, 7) is 0. The number of hydrogen-bond acceptors (Lipinski definition) is 5. The second-order valence-electron chi connectivity index (χ2n) is 5.02. The number of aromatic nitrogens is 2. The molecule has 0 aliphatic heterocycles. The number of Topliss-reactive ketones (excluding diaryl/α,β-unsaturated/α-hetero) is 1. The maximum atomic E-state index is 12.4. The van der Waals surface area contributed by atoms with Crippen molar-refractivity contribution in [3.05, 3.63) is 53.6 Å². The van der Waals surface area contributed by atoms with Crippen LogP contribution in [-0.4, -0.2) is 34.5 Å². The summed E-state index contributed by atoms with van der Waals surface area (Å²) in [4.78, 5) is 31.3. The average Bonchev–Trinajstić information content (AvgIpc) is 3.02. The highest BCUT2D eigenvalue weighted by Crippen LogP contribution is 2.24. The zero-order valence-electron chi connectivity index (χ0n) is 12.9. The summed E-state index contributed by atoms with van der Waals surface area (Å²) < 4.78 is 5.20. The SMILES string of the molecule is COc1ccccc1C(=O)CSc1nc2c(C(N)=O)cccc2[nH]1. The van der Waals surface area contributed by atoms with Gasteiger partial charge in [0.15, 0.2) is 10.9 Å². The summed E-state index contributed by atoms with van der Waals surface area (Å²) in [5.74, 6) is 0.150. The van der Waals surface area contributed by atoms with Crippen molar-refractivity contribution in [1.82, 2.24) is 9.97 Å². The topological polar surface area (TPSA) is 98.1 Å². The molecule has 0 aliphatic carbocycles. The summed E-state index contributed by atoms with van der Waals surface area (Å²) in [6, 6.07) is 12.2. The lowest BCUT2D eigenvalue weighted by Crippen LogP contribution is -2.11. The van der Waals surface area contributed by atoms with Crippen molar-refractivity contribution >= 4 is 34.5 Å². The first-order valence-electron chi connectivity index (χ1n) is 7.17. The Labute approximate surface area is 142 Å². The Balaban J connectivity index is 1.80. The first-order valence-corrected chi connectivity index (χ1v) is 8.16. The van der Waals surface area contributed by atoms with Crippen LogP contribution in [-0.2, 0) is 0 Å². The second kappa shape index (κ2) is 6.76. The van der Waals surface area contributed by atoms with Crippen molar-refractivity contribution in [3.8, 4) is 5.75 Å². The van der Waals surface area contributed by atoms with Crippen LogP contribution in [0.4, 0.5) is 0 Å². The van der Waals surface area contributed by atoms with Gasteiger partial charge in [-0.3, -0.25) is 9.59 Å². The number of primary amides is 1. The molecule has 0 aliphatic rings. The minimum absolute atomic E-state index is 0.0620. The van der Waals surface area contributed by atoms with Gasteiger partial charge in [0.1, 0.15) is 11.3 Å². The van der Waals surface area contributed by atoms with Gasteiger partial charge in [-0.15, -0.1) is 0 Å². The molecular formula is C17H15N3O3S. The number of fused-ring (bicyclic) bond motifs is 1. The Morgan fingerprint density at radius 3 is 2.67 bits per heavy atom. The minimum atomic E-state index is -0.534. The molecule has 0 spiro atoms. The molecule has 0 saturated carbocycles. The van der Waals surface area contributed by atoms with E-state index in [1.54, 1.807) is 36.4 Å².